The number of anilines is 1. The summed E-state index contributed by atoms with van der Waals surface area (Å²) in [5, 5.41) is 3.40. The molecule has 1 aromatic carbocycles. The predicted octanol–water partition coefficient (Wildman–Crippen LogP) is 3.97. The summed E-state index contributed by atoms with van der Waals surface area (Å²) < 4.78 is 15.4. The summed E-state index contributed by atoms with van der Waals surface area (Å²) >= 11 is 0. The lowest BCUT2D eigenvalue weighted by atomic mass is 10.2. The number of benzene rings is 1. The number of nitrogens with one attached hydrogen (secondary N) is 1. The third-order valence-electron chi connectivity index (χ3n) is 2.80. The highest BCUT2D eigenvalue weighted by molar-refractivity contribution is 5.99. The quantitative estimate of drug-likeness (QED) is 0.684. The molecular formula is C17H19NO5. The van der Waals surface area contributed by atoms with Gasteiger partial charge in [-0.1, -0.05) is 6.07 Å². The van der Waals surface area contributed by atoms with Gasteiger partial charge in [0.2, 0.25) is 0 Å². The number of furan rings is 1. The van der Waals surface area contributed by atoms with Gasteiger partial charge < -0.3 is 13.9 Å². The fourth-order valence-corrected chi connectivity index (χ4v) is 1.90. The minimum absolute atomic E-state index is 0.474. The molecule has 6 nitrogen and oxygen atoms in total. The first-order valence-corrected chi connectivity index (χ1v) is 7.07. The molecule has 0 aliphatic carbocycles. The van der Waals surface area contributed by atoms with E-state index in [1.54, 1.807) is 45.0 Å². The van der Waals surface area contributed by atoms with Gasteiger partial charge in [-0.2, -0.15) is 0 Å². The Labute approximate surface area is 134 Å². The van der Waals surface area contributed by atoms with Crippen molar-refractivity contribution >= 4 is 34.8 Å². The van der Waals surface area contributed by atoms with Gasteiger partial charge in [-0.15, -0.1) is 0 Å². The van der Waals surface area contributed by atoms with Crippen LogP contribution in [0.5, 0.6) is 0 Å². The molecule has 0 radical (unpaired) electrons. The van der Waals surface area contributed by atoms with E-state index in [2.05, 4.69) is 10.1 Å². The van der Waals surface area contributed by atoms with Gasteiger partial charge in [0, 0.05) is 11.5 Å². The molecule has 1 N–H and O–H groups in total. The molecule has 0 saturated carbocycles. The van der Waals surface area contributed by atoms with Crippen LogP contribution in [0.3, 0.4) is 0 Å². The molecule has 2 rings (SSSR count). The third-order valence-corrected chi connectivity index (χ3v) is 2.80. The number of amides is 1. The monoisotopic (exact) mass is 317 g/mol. The summed E-state index contributed by atoms with van der Waals surface area (Å²) in [6, 6.07) is 6.99. The zero-order valence-corrected chi connectivity index (χ0v) is 13.5. The average Bonchev–Trinajstić information content (AvgIpc) is 2.86. The topological polar surface area (TPSA) is 77.8 Å². The Morgan fingerprint density at radius 3 is 2.65 bits per heavy atom. The number of carbonyl (C=O) groups excluding carboxylic acids is 2. The Balaban J connectivity index is 2.24. The minimum Gasteiger partial charge on any atom is -0.466 e. The molecule has 0 bridgehead atoms. The first kappa shape index (κ1) is 16.6. The molecular weight excluding hydrogens is 298 g/mol. The molecule has 1 amide bonds. The van der Waals surface area contributed by atoms with Crippen LogP contribution in [0.2, 0.25) is 0 Å². The Morgan fingerprint density at radius 1 is 1.26 bits per heavy atom. The summed E-state index contributed by atoms with van der Waals surface area (Å²) in [4.78, 5) is 23.0. The van der Waals surface area contributed by atoms with Crippen molar-refractivity contribution in [3.63, 3.8) is 0 Å². The van der Waals surface area contributed by atoms with Crippen molar-refractivity contribution in [2.24, 2.45) is 0 Å². The largest absolute Gasteiger partial charge is 0.466 e. The number of hydrogen-bond donors (Lipinski definition) is 1. The number of carbonyl (C=O) groups is 2. The predicted molar refractivity (Wildman–Crippen MR) is 87.1 cm³/mol. The highest BCUT2D eigenvalue weighted by Crippen LogP contribution is 2.28. The molecule has 0 fully saturated rings. The second kappa shape index (κ2) is 6.56. The minimum atomic E-state index is -0.581. The number of esters is 1. The van der Waals surface area contributed by atoms with Crippen molar-refractivity contribution < 1.29 is 23.5 Å². The van der Waals surface area contributed by atoms with Crippen LogP contribution in [-0.4, -0.2) is 24.8 Å². The van der Waals surface area contributed by atoms with Gasteiger partial charge in [-0.25, -0.2) is 9.59 Å². The van der Waals surface area contributed by atoms with Crippen LogP contribution in [0.4, 0.5) is 10.5 Å². The lowest BCUT2D eigenvalue weighted by Gasteiger charge is -2.19. The second-order valence-electron chi connectivity index (χ2n) is 5.85. The Kier molecular flexibility index (Phi) is 4.74. The average molecular weight is 317 g/mol. The molecule has 0 unspecified atom stereocenters. The van der Waals surface area contributed by atoms with Crippen molar-refractivity contribution in [2.45, 2.75) is 26.4 Å². The van der Waals surface area contributed by atoms with Crippen molar-refractivity contribution in [2.75, 3.05) is 12.4 Å². The van der Waals surface area contributed by atoms with E-state index in [4.69, 9.17) is 9.15 Å². The molecule has 0 saturated heterocycles. The van der Waals surface area contributed by atoms with Crippen molar-refractivity contribution in [3.05, 3.63) is 36.1 Å². The van der Waals surface area contributed by atoms with Crippen molar-refractivity contribution in [1.29, 1.82) is 0 Å². The molecule has 6 heteroatoms. The third kappa shape index (κ3) is 4.60. The smallest absolute Gasteiger partial charge is 0.412 e. The van der Waals surface area contributed by atoms with Gasteiger partial charge in [-0.05, 0) is 45.0 Å². The van der Waals surface area contributed by atoms with Crippen LogP contribution >= 0.6 is 0 Å². The van der Waals surface area contributed by atoms with Crippen LogP contribution in [0.15, 0.2) is 34.8 Å². The Bertz CT molecular complexity index is 752. The zero-order chi connectivity index (χ0) is 17.0. The number of fused-ring (bicyclic) bond motifs is 1. The van der Waals surface area contributed by atoms with E-state index >= 15 is 0 Å². The van der Waals surface area contributed by atoms with Gasteiger partial charge in [0.1, 0.15) is 16.9 Å². The first-order valence-electron chi connectivity index (χ1n) is 7.07. The standard InChI is InChI=1S/C17H19NO5/c1-17(2,3)23-16(20)18-13-6-5-7-14-12(13)10-11(22-14)8-9-15(19)21-4/h5-10H,1-4H3,(H,18,20). The van der Waals surface area contributed by atoms with Crippen LogP contribution < -0.4 is 5.32 Å². The fraction of sp³-hybridized carbons (Fsp3) is 0.294. The molecule has 23 heavy (non-hydrogen) atoms. The van der Waals surface area contributed by atoms with Crippen LogP contribution in [0.25, 0.3) is 17.0 Å². The Hall–Kier alpha value is -2.76. The molecule has 0 spiro atoms. The van der Waals surface area contributed by atoms with E-state index in [0.29, 0.717) is 22.4 Å². The molecule has 1 aromatic heterocycles. The summed E-state index contributed by atoms with van der Waals surface area (Å²) in [7, 11) is 1.30. The molecule has 2 aromatic rings. The molecule has 0 aliphatic heterocycles. The van der Waals surface area contributed by atoms with E-state index in [-0.39, 0.29) is 0 Å². The number of hydrogen-bond acceptors (Lipinski definition) is 5. The lowest BCUT2D eigenvalue weighted by molar-refractivity contribution is -0.134. The van der Waals surface area contributed by atoms with Gasteiger partial charge in [0.25, 0.3) is 0 Å². The fourth-order valence-electron chi connectivity index (χ4n) is 1.90. The van der Waals surface area contributed by atoms with Gasteiger partial charge in [0.05, 0.1) is 12.8 Å². The Morgan fingerprint density at radius 2 is 2.00 bits per heavy atom. The maximum atomic E-state index is 11.9. The molecule has 0 aliphatic rings. The SMILES string of the molecule is COC(=O)C=Cc1cc2c(NC(=O)OC(C)(C)C)cccc2o1. The maximum absolute atomic E-state index is 11.9. The van der Waals surface area contributed by atoms with Crippen molar-refractivity contribution in [1.82, 2.24) is 0 Å². The van der Waals surface area contributed by atoms with Crippen LogP contribution in [0, 0.1) is 0 Å². The second-order valence-corrected chi connectivity index (χ2v) is 5.85. The van der Waals surface area contributed by atoms with Gasteiger partial charge >= 0.3 is 12.1 Å². The first-order chi connectivity index (χ1) is 10.8. The summed E-state index contributed by atoms with van der Waals surface area (Å²) in [5.74, 6) is 0.00129. The van der Waals surface area contributed by atoms with Gasteiger partial charge in [-0.3, -0.25) is 5.32 Å². The summed E-state index contributed by atoms with van der Waals surface area (Å²) in [6.07, 6.45) is 2.22. The summed E-state index contributed by atoms with van der Waals surface area (Å²) in [6.45, 7) is 5.38. The van der Waals surface area contributed by atoms with Crippen LogP contribution in [-0.2, 0) is 14.3 Å². The van der Waals surface area contributed by atoms with Gasteiger partial charge in [0.15, 0.2) is 0 Å². The van der Waals surface area contributed by atoms with Crippen molar-refractivity contribution in [3.8, 4) is 0 Å². The summed E-state index contributed by atoms with van der Waals surface area (Å²) in [5.41, 5.74) is 0.573. The lowest BCUT2D eigenvalue weighted by Crippen LogP contribution is -2.27. The number of ether oxygens (including phenoxy) is 2. The van der Waals surface area contributed by atoms with E-state index in [1.165, 1.54) is 19.3 Å². The number of rotatable bonds is 3. The van der Waals surface area contributed by atoms with E-state index in [9.17, 15) is 9.59 Å². The molecule has 122 valence electrons. The van der Waals surface area contributed by atoms with Crippen LogP contribution in [0.1, 0.15) is 26.5 Å². The number of methoxy groups -OCH3 is 1. The molecule has 1 heterocycles. The van der Waals surface area contributed by atoms with E-state index in [1.807, 2.05) is 0 Å². The maximum Gasteiger partial charge on any atom is 0.412 e. The highest BCUT2D eigenvalue weighted by Gasteiger charge is 2.17. The van der Waals surface area contributed by atoms with E-state index < -0.39 is 17.7 Å². The van der Waals surface area contributed by atoms with E-state index in [0.717, 1.165) is 0 Å². The highest BCUT2D eigenvalue weighted by atomic mass is 16.6. The molecule has 0 atom stereocenters. The normalized spacial score (nSPS) is 11.7. The zero-order valence-electron chi connectivity index (χ0n) is 13.5.